The maximum Gasteiger partial charge on any atom is 0.117 e. The fourth-order valence-electron chi connectivity index (χ4n) is 1.96. The zero-order chi connectivity index (χ0) is 12.4. The lowest BCUT2D eigenvalue weighted by atomic mass is 10.0. The number of fused-ring (bicyclic) bond motifs is 1. The summed E-state index contributed by atoms with van der Waals surface area (Å²) < 4.78 is 0. The van der Waals surface area contributed by atoms with Crippen LogP contribution in [0.2, 0.25) is 0 Å². The third-order valence-electron chi connectivity index (χ3n) is 2.84. The van der Waals surface area contributed by atoms with E-state index in [4.69, 9.17) is 0 Å². The van der Waals surface area contributed by atoms with Crippen LogP contribution in [0.5, 0.6) is 0 Å². The Labute approximate surface area is 104 Å². The molecule has 2 aromatic carbocycles. The molecule has 1 heterocycles. The van der Waals surface area contributed by atoms with Gasteiger partial charge in [-0.25, -0.2) is 4.98 Å². The van der Waals surface area contributed by atoms with Crippen molar-refractivity contribution >= 4 is 16.7 Å². The molecule has 0 radical (unpaired) electrons. The number of rotatable bonds is 2. The van der Waals surface area contributed by atoms with Gasteiger partial charge in [-0.2, -0.15) is 0 Å². The van der Waals surface area contributed by atoms with Crippen molar-refractivity contribution in [1.29, 1.82) is 0 Å². The minimum Gasteiger partial charge on any atom is -0.410 e. The number of hydrogen-bond acceptors (Lipinski definition) is 3. The van der Waals surface area contributed by atoms with Crippen molar-refractivity contribution in [3.8, 4) is 0 Å². The highest BCUT2D eigenvalue weighted by molar-refractivity contribution is 6.13. The van der Waals surface area contributed by atoms with Crippen LogP contribution in [0.1, 0.15) is 11.1 Å². The number of benzene rings is 2. The lowest BCUT2D eigenvalue weighted by molar-refractivity contribution is 0.319. The Morgan fingerprint density at radius 1 is 1.06 bits per heavy atom. The molecule has 0 aliphatic carbocycles. The van der Waals surface area contributed by atoms with E-state index in [2.05, 4.69) is 15.1 Å². The predicted octanol–water partition coefficient (Wildman–Crippen LogP) is 2.79. The number of oxime groups is 1. The first-order chi connectivity index (χ1) is 8.88. The Hall–Kier alpha value is -2.62. The molecule has 0 fully saturated rings. The second-order valence-corrected chi connectivity index (χ2v) is 3.95. The molecule has 2 N–H and O–H groups in total. The van der Waals surface area contributed by atoms with Crippen LogP contribution in [0, 0.1) is 0 Å². The molecule has 3 aromatic rings. The number of aromatic amines is 1. The van der Waals surface area contributed by atoms with E-state index in [0.29, 0.717) is 5.71 Å². The Morgan fingerprint density at radius 3 is 2.67 bits per heavy atom. The average molecular weight is 237 g/mol. The van der Waals surface area contributed by atoms with Gasteiger partial charge in [0.05, 0.1) is 17.4 Å². The van der Waals surface area contributed by atoms with Gasteiger partial charge < -0.3 is 10.2 Å². The van der Waals surface area contributed by atoms with E-state index >= 15 is 0 Å². The summed E-state index contributed by atoms with van der Waals surface area (Å²) in [6.45, 7) is 0. The van der Waals surface area contributed by atoms with Gasteiger partial charge in [0.25, 0.3) is 0 Å². The molecule has 0 atom stereocenters. The van der Waals surface area contributed by atoms with Crippen molar-refractivity contribution in [3.05, 3.63) is 66.0 Å². The summed E-state index contributed by atoms with van der Waals surface area (Å²) in [5, 5.41) is 12.6. The number of nitrogens with zero attached hydrogens (tertiary/aromatic N) is 2. The van der Waals surface area contributed by atoms with E-state index in [-0.39, 0.29) is 0 Å². The quantitative estimate of drug-likeness (QED) is 0.409. The lowest BCUT2D eigenvalue weighted by Gasteiger charge is -2.04. The van der Waals surface area contributed by atoms with Gasteiger partial charge in [-0.05, 0) is 12.1 Å². The molecule has 18 heavy (non-hydrogen) atoms. The minimum atomic E-state index is 0.548. The van der Waals surface area contributed by atoms with E-state index in [1.54, 1.807) is 6.33 Å². The first-order valence-corrected chi connectivity index (χ1v) is 5.59. The maximum absolute atomic E-state index is 9.22. The molecular formula is C14H11N3O. The summed E-state index contributed by atoms with van der Waals surface area (Å²) in [6, 6.07) is 15.3. The van der Waals surface area contributed by atoms with Gasteiger partial charge in [0.2, 0.25) is 0 Å². The van der Waals surface area contributed by atoms with Crippen molar-refractivity contribution < 1.29 is 5.21 Å². The molecule has 3 rings (SSSR count). The smallest absolute Gasteiger partial charge is 0.117 e. The largest absolute Gasteiger partial charge is 0.410 e. The van der Waals surface area contributed by atoms with Gasteiger partial charge in [0.1, 0.15) is 5.71 Å². The minimum absolute atomic E-state index is 0.548. The first kappa shape index (κ1) is 10.5. The van der Waals surface area contributed by atoms with Crippen LogP contribution in [0.25, 0.3) is 11.0 Å². The summed E-state index contributed by atoms with van der Waals surface area (Å²) in [4.78, 5) is 7.20. The molecular weight excluding hydrogens is 226 g/mol. The summed E-state index contributed by atoms with van der Waals surface area (Å²) in [6.07, 6.45) is 1.65. The van der Waals surface area contributed by atoms with Crippen LogP contribution in [0.3, 0.4) is 0 Å². The topological polar surface area (TPSA) is 61.3 Å². The summed E-state index contributed by atoms with van der Waals surface area (Å²) >= 11 is 0. The fourth-order valence-corrected chi connectivity index (χ4v) is 1.96. The molecule has 0 saturated heterocycles. The number of nitrogens with one attached hydrogen (secondary N) is 1. The molecule has 0 spiro atoms. The van der Waals surface area contributed by atoms with Crippen molar-refractivity contribution in [2.24, 2.45) is 5.16 Å². The maximum atomic E-state index is 9.22. The molecule has 0 aliphatic heterocycles. The number of imidazole rings is 1. The summed E-state index contributed by atoms with van der Waals surface area (Å²) in [5.74, 6) is 0. The number of H-pyrrole nitrogens is 1. The highest BCUT2D eigenvalue weighted by atomic mass is 16.4. The molecule has 0 unspecified atom stereocenters. The Balaban J connectivity index is 2.12. The van der Waals surface area contributed by atoms with E-state index in [1.165, 1.54) is 0 Å². The van der Waals surface area contributed by atoms with Gasteiger partial charge in [0, 0.05) is 11.1 Å². The molecule has 0 bridgehead atoms. The van der Waals surface area contributed by atoms with Crippen LogP contribution in [0.4, 0.5) is 0 Å². The van der Waals surface area contributed by atoms with E-state index in [9.17, 15) is 5.21 Å². The van der Waals surface area contributed by atoms with Gasteiger partial charge in [0.15, 0.2) is 0 Å². The van der Waals surface area contributed by atoms with E-state index < -0.39 is 0 Å². The molecule has 0 amide bonds. The van der Waals surface area contributed by atoms with Gasteiger partial charge in [-0.15, -0.1) is 0 Å². The predicted molar refractivity (Wildman–Crippen MR) is 70.0 cm³/mol. The summed E-state index contributed by atoms with van der Waals surface area (Å²) in [5.41, 5.74) is 4.08. The van der Waals surface area contributed by atoms with Crippen molar-refractivity contribution in [2.75, 3.05) is 0 Å². The molecule has 0 aliphatic rings. The second kappa shape index (κ2) is 4.33. The van der Waals surface area contributed by atoms with Gasteiger partial charge >= 0.3 is 0 Å². The van der Waals surface area contributed by atoms with Crippen molar-refractivity contribution in [3.63, 3.8) is 0 Å². The Morgan fingerprint density at radius 2 is 1.89 bits per heavy atom. The summed E-state index contributed by atoms with van der Waals surface area (Å²) in [7, 11) is 0. The SMILES string of the molecule is ON=C(c1ccccc1)c1ccc2nc[nH]c2c1. The molecule has 1 aromatic heterocycles. The average Bonchev–Trinajstić information content (AvgIpc) is 2.88. The molecule has 4 nitrogen and oxygen atoms in total. The zero-order valence-electron chi connectivity index (χ0n) is 9.54. The molecule has 88 valence electrons. The van der Waals surface area contributed by atoms with Crippen LogP contribution in [-0.2, 0) is 0 Å². The fraction of sp³-hybridized carbons (Fsp3) is 0. The van der Waals surface area contributed by atoms with E-state index in [1.807, 2.05) is 48.5 Å². The van der Waals surface area contributed by atoms with Crippen LogP contribution in [0.15, 0.2) is 60.0 Å². The zero-order valence-corrected chi connectivity index (χ0v) is 9.54. The molecule has 4 heteroatoms. The van der Waals surface area contributed by atoms with Crippen molar-refractivity contribution in [2.45, 2.75) is 0 Å². The Bertz CT molecular complexity index is 701. The van der Waals surface area contributed by atoms with Crippen LogP contribution < -0.4 is 0 Å². The van der Waals surface area contributed by atoms with Gasteiger partial charge in [-0.1, -0.05) is 41.6 Å². The van der Waals surface area contributed by atoms with E-state index in [0.717, 1.165) is 22.2 Å². The normalized spacial score (nSPS) is 11.9. The standard InChI is InChI=1S/C14H11N3O/c18-17-14(10-4-2-1-3-5-10)11-6-7-12-13(8-11)16-9-15-12/h1-9,18H,(H,15,16). The third kappa shape index (κ3) is 1.73. The monoisotopic (exact) mass is 237 g/mol. The van der Waals surface area contributed by atoms with Crippen LogP contribution in [-0.4, -0.2) is 20.9 Å². The van der Waals surface area contributed by atoms with Crippen LogP contribution >= 0.6 is 0 Å². The highest BCUT2D eigenvalue weighted by Gasteiger charge is 2.08. The number of hydrogen-bond donors (Lipinski definition) is 2. The second-order valence-electron chi connectivity index (χ2n) is 3.95. The third-order valence-corrected chi connectivity index (χ3v) is 2.84. The first-order valence-electron chi connectivity index (χ1n) is 5.59. The highest BCUT2D eigenvalue weighted by Crippen LogP contribution is 2.16. The number of aromatic nitrogens is 2. The lowest BCUT2D eigenvalue weighted by Crippen LogP contribution is -2.02. The Kier molecular flexibility index (Phi) is 2.53. The van der Waals surface area contributed by atoms with Gasteiger partial charge in [-0.3, -0.25) is 0 Å². The van der Waals surface area contributed by atoms with Crippen molar-refractivity contribution in [1.82, 2.24) is 9.97 Å². The molecule has 0 saturated carbocycles.